The monoisotopic (exact) mass is 441 g/mol. The summed E-state index contributed by atoms with van der Waals surface area (Å²) in [5, 5.41) is 4.32. The van der Waals surface area contributed by atoms with Crippen molar-refractivity contribution < 1.29 is 9.59 Å². The van der Waals surface area contributed by atoms with E-state index in [1.54, 1.807) is 0 Å². The number of para-hydroxylation sites is 1. The Hall–Kier alpha value is -3.51. The van der Waals surface area contributed by atoms with E-state index in [0.29, 0.717) is 16.1 Å². The summed E-state index contributed by atoms with van der Waals surface area (Å²) in [6, 6.07) is 17.4. The first kappa shape index (κ1) is 20.4. The summed E-state index contributed by atoms with van der Waals surface area (Å²) in [4.78, 5) is 31.7. The predicted octanol–water partition coefficient (Wildman–Crippen LogP) is 5.50. The highest BCUT2D eigenvalue weighted by Crippen LogP contribution is 2.38. The fourth-order valence-corrected chi connectivity index (χ4v) is 5.74. The predicted molar refractivity (Wildman–Crippen MR) is 129 cm³/mol. The molecule has 160 valence electrons. The van der Waals surface area contributed by atoms with Crippen molar-refractivity contribution in [2.75, 3.05) is 5.32 Å². The second-order valence-electron chi connectivity index (χ2n) is 8.12. The van der Waals surface area contributed by atoms with Gasteiger partial charge in [-0.15, -0.1) is 11.3 Å². The molecule has 2 aromatic carbocycles. The molecule has 4 aromatic rings. The summed E-state index contributed by atoms with van der Waals surface area (Å²) in [7, 11) is 0. The van der Waals surface area contributed by atoms with Crippen LogP contribution in [0.3, 0.4) is 0 Å². The normalized spacial score (nSPS) is 13.0. The Kier molecular flexibility index (Phi) is 5.23. The number of amides is 2. The second kappa shape index (κ2) is 8.20. The van der Waals surface area contributed by atoms with Gasteiger partial charge in [0.05, 0.1) is 22.3 Å². The molecule has 2 aromatic heterocycles. The molecule has 2 amide bonds. The molecule has 0 atom stereocenters. The van der Waals surface area contributed by atoms with Gasteiger partial charge in [0, 0.05) is 15.8 Å². The molecule has 1 aliphatic carbocycles. The molecular formula is C26H23N3O2S. The number of thiophene rings is 1. The summed E-state index contributed by atoms with van der Waals surface area (Å²) >= 11 is 1.47. The number of hydrogen-bond donors (Lipinski definition) is 2. The minimum absolute atomic E-state index is 0.264. The Morgan fingerprint density at radius 3 is 2.59 bits per heavy atom. The van der Waals surface area contributed by atoms with Crippen molar-refractivity contribution >= 4 is 39.1 Å². The molecule has 0 unspecified atom stereocenters. The summed E-state index contributed by atoms with van der Waals surface area (Å²) in [6.45, 7) is 2.03. The van der Waals surface area contributed by atoms with Crippen LogP contribution in [-0.4, -0.2) is 16.8 Å². The highest BCUT2D eigenvalue weighted by Gasteiger charge is 2.26. The zero-order chi connectivity index (χ0) is 22.2. The number of fused-ring (bicyclic) bond motifs is 2. The van der Waals surface area contributed by atoms with Crippen molar-refractivity contribution in [2.24, 2.45) is 5.73 Å². The summed E-state index contributed by atoms with van der Waals surface area (Å²) in [5.74, 6) is -0.751. The molecule has 6 heteroatoms. The summed E-state index contributed by atoms with van der Waals surface area (Å²) in [5.41, 5.74) is 11.3. The minimum atomic E-state index is -0.486. The van der Waals surface area contributed by atoms with Crippen molar-refractivity contribution in [1.29, 1.82) is 0 Å². The van der Waals surface area contributed by atoms with Gasteiger partial charge in [0.25, 0.3) is 11.8 Å². The van der Waals surface area contributed by atoms with Crippen LogP contribution >= 0.6 is 11.3 Å². The van der Waals surface area contributed by atoms with E-state index >= 15 is 0 Å². The molecule has 5 rings (SSSR count). The number of rotatable bonds is 4. The summed E-state index contributed by atoms with van der Waals surface area (Å²) < 4.78 is 0. The third-order valence-corrected chi connectivity index (χ3v) is 7.23. The Morgan fingerprint density at radius 2 is 1.78 bits per heavy atom. The van der Waals surface area contributed by atoms with Gasteiger partial charge in [0.15, 0.2) is 0 Å². The minimum Gasteiger partial charge on any atom is -0.365 e. The number of carbonyl (C=O) groups excluding carboxylic acids is 2. The lowest BCUT2D eigenvalue weighted by atomic mass is 9.95. The van der Waals surface area contributed by atoms with Crippen LogP contribution < -0.4 is 11.1 Å². The van der Waals surface area contributed by atoms with Crippen LogP contribution in [0.1, 0.15) is 49.6 Å². The topological polar surface area (TPSA) is 85.1 Å². The summed E-state index contributed by atoms with van der Waals surface area (Å²) in [6.07, 6.45) is 3.88. The lowest BCUT2D eigenvalue weighted by Gasteiger charge is -2.12. The van der Waals surface area contributed by atoms with Gasteiger partial charge >= 0.3 is 0 Å². The lowest BCUT2D eigenvalue weighted by molar-refractivity contribution is 0.100. The number of hydrogen-bond acceptors (Lipinski definition) is 4. The second-order valence-corrected chi connectivity index (χ2v) is 9.23. The number of benzene rings is 2. The van der Waals surface area contributed by atoms with Crippen LogP contribution in [0.4, 0.5) is 5.00 Å². The quantitative estimate of drug-likeness (QED) is 0.438. The Bertz CT molecular complexity index is 1370. The van der Waals surface area contributed by atoms with Crippen LogP contribution in [0.25, 0.3) is 22.2 Å². The number of aryl methyl sites for hydroxylation is 2. The van der Waals surface area contributed by atoms with Crippen molar-refractivity contribution in [3.05, 3.63) is 81.7 Å². The van der Waals surface area contributed by atoms with Gasteiger partial charge in [-0.2, -0.15) is 0 Å². The largest absolute Gasteiger partial charge is 0.365 e. The van der Waals surface area contributed by atoms with E-state index in [1.807, 2.05) is 61.5 Å². The highest BCUT2D eigenvalue weighted by atomic mass is 32.1. The maximum atomic E-state index is 13.5. The fraction of sp³-hybridized carbons (Fsp3) is 0.192. The third-order valence-electron chi connectivity index (χ3n) is 6.03. The molecule has 0 aliphatic heterocycles. The number of nitrogens with two attached hydrogens (primary N) is 1. The van der Waals surface area contributed by atoms with E-state index in [1.165, 1.54) is 11.3 Å². The maximum absolute atomic E-state index is 13.5. The number of anilines is 1. The van der Waals surface area contributed by atoms with Crippen LogP contribution in [0, 0.1) is 6.92 Å². The van der Waals surface area contributed by atoms with Gasteiger partial charge in [-0.1, -0.05) is 42.5 Å². The smallest absolute Gasteiger partial charge is 0.257 e. The molecule has 0 bridgehead atoms. The molecular weight excluding hydrogens is 418 g/mol. The molecule has 2 heterocycles. The lowest BCUT2D eigenvalue weighted by Crippen LogP contribution is -2.19. The van der Waals surface area contributed by atoms with E-state index in [4.69, 9.17) is 10.7 Å². The molecule has 0 fully saturated rings. The molecule has 0 saturated heterocycles. The van der Waals surface area contributed by atoms with Gasteiger partial charge < -0.3 is 11.1 Å². The van der Waals surface area contributed by atoms with E-state index in [0.717, 1.165) is 63.8 Å². The number of nitrogens with one attached hydrogen (secondary N) is 1. The van der Waals surface area contributed by atoms with Crippen LogP contribution in [0.15, 0.2) is 54.6 Å². The number of nitrogens with zero attached hydrogens (tertiary/aromatic N) is 1. The first-order chi connectivity index (χ1) is 15.5. The van der Waals surface area contributed by atoms with E-state index in [9.17, 15) is 9.59 Å². The molecule has 0 saturated carbocycles. The first-order valence-corrected chi connectivity index (χ1v) is 11.6. The molecule has 3 N–H and O–H groups in total. The maximum Gasteiger partial charge on any atom is 0.257 e. The number of carbonyl (C=O) groups is 2. The molecule has 1 aliphatic rings. The van der Waals surface area contributed by atoms with Gasteiger partial charge in [-0.3, -0.25) is 9.59 Å². The SMILES string of the molecule is Cc1ccccc1-c1cc(C(=O)Nc2sc3c(c2C(N)=O)CCCC3)c2ccccc2n1. The third kappa shape index (κ3) is 3.56. The Balaban J connectivity index is 1.61. The fourth-order valence-electron chi connectivity index (χ4n) is 4.45. The zero-order valence-corrected chi connectivity index (χ0v) is 18.6. The van der Waals surface area contributed by atoms with Gasteiger partial charge in [0.1, 0.15) is 5.00 Å². The molecule has 5 nitrogen and oxygen atoms in total. The molecule has 0 radical (unpaired) electrons. The van der Waals surface area contributed by atoms with Gasteiger partial charge in [0.2, 0.25) is 0 Å². The van der Waals surface area contributed by atoms with Gasteiger partial charge in [-0.25, -0.2) is 4.98 Å². The number of pyridine rings is 1. The van der Waals surface area contributed by atoms with Crippen LogP contribution in [0.5, 0.6) is 0 Å². The standard InChI is InChI=1S/C26H23N3O2S/c1-15-8-2-3-9-16(15)21-14-19(17-10-4-6-12-20(17)28-21)25(31)29-26-23(24(27)30)18-11-5-7-13-22(18)32-26/h2-4,6,8-10,12,14H,5,7,11,13H2,1H3,(H2,27,30)(H,29,31). The average molecular weight is 442 g/mol. The Morgan fingerprint density at radius 1 is 1.03 bits per heavy atom. The van der Waals surface area contributed by atoms with Crippen molar-refractivity contribution in [2.45, 2.75) is 32.6 Å². The molecule has 32 heavy (non-hydrogen) atoms. The van der Waals surface area contributed by atoms with Gasteiger partial charge in [-0.05, 0) is 55.9 Å². The van der Waals surface area contributed by atoms with Crippen LogP contribution in [-0.2, 0) is 12.8 Å². The highest BCUT2D eigenvalue weighted by molar-refractivity contribution is 7.17. The van der Waals surface area contributed by atoms with E-state index < -0.39 is 5.91 Å². The van der Waals surface area contributed by atoms with E-state index in [-0.39, 0.29) is 5.91 Å². The number of primary amides is 1. The zero-order valence-electron chi connectivity index (χ0n) is 17.8. The van der Waals surface area contributed by atoms with Crippen molar-refractivity contribution in [3.63, 3.8) is 0 Å². The van der Waals surface area contributed by atoms with E-state index in [2.05, 4.69) is 5.32 Å². The molecule has 0 spiro atoms. The van der Waals surface area contributed by atoms with Crippen LogP contribution in [0.2, 0.25) is 0 Å². The number of aromatic nitrogens is 1. The van der Waals surface area contributed by atoms with Crippen molar-refractivity contribution in [3.8, 4) is 11.3 Å². The average Bonchev–Trinajstić information content (AvgIpc) is 3.16. The Labute approximate surface area is 190 Å². The first-order valence-electron chi connectivity index (χ1n) is 10.7. The van der Waals surface area contributed by atoms with Crippen molar-refractivity contribution in [1.82, 2.24) is 4.98 Å².